The smallest absolute Gasteiger partial charge is 0.229 e. The average Bonchev–Trinajstić information content (AvgIpc) is 2.81. The Morgan fingerprint density at radius 2 is 2.10 bits per heavy atom. The number of anilines is 2. The summed E-state index contributed by atoms with van der Waals surface area (Å²) in [5.74, 6) is 1.63. The molecule has 0 aliphatic rings. The van der Waals surface area contributed by atoms with Gasteiger partial charge in [0.1, 0.15) is 5.82 Å². The normalized spacial score (nSPS) is 12.2. The third-order valence-electron chi connectivity index (χ3n) is 2.75. The first-order chi connectivity index (χ1) is 9.49. The van der Waals surface area contributed by atoms with Gasteiger partial charge in [0.2, 0.25) is 11.9 Å². The lowest BCUT2D eigenvalue weighted by atomic mass is 10.2. The van der Waals surface area contributed by atoms with Gasteiger partial charge in [-0.3, -0.25) is 4.68 Å². The molecule has 2 rings (SSSR count). The molecule has 8 heteroatoms. The lowest BCUT2D eigenvalue weighted by Crippen LogP contribution is -2.19. The number of aliphatic hydroxyl groups is 1. The van der Waals surface area contributed by atoms with Crippen molar-refractivity contribution in [3.63, 3.8) is 0 Å². The van der Waals surface area contributed by atoms with Crippen LogP contribution in [-0.2, 0) is 7.05 Å². The zero-order valence-electron chi connectivity index (χ0n) is 12.1. The molecular formula is C12H19N7O. The summed E-state index contributed by atoms with van der Waals surface area (Å²) in [6.45, 7) is 1.73. The third kappa shape index (κ3) is 3.21. The molecule has 2 N–H and O–H groups in total. The molecule has 2 heterocycles. The molecule has 20 heavy (non-hydrogen) atoms. The Labute approximate surface area is 117 Å². The van der Waals surface area contributed by atoms with Crippen molar-refractivity contribution in [2.24, 2.45) is 7.05 Å². The monoisotopic (exact) mass is 277 g/mol. The maximum Gasteiger partial charge on any atom is 0.229 e. The van der Waals surface area contributed by atoms with Crippen molar-refractivity contribution in [3.8, 4) is 0 Å². The molecule has 1 atom stereocenters. The van der Waals surface area contributed by atoms with Crippen molar-refractivity contribution in [2.45, 2.75) is 13.0 Å². The molecule has 0 aromatic carbocycles. The summed E-state index contributed by atoms with van der Waals surface area (Å²) in [7, 11) is 5.56. The van der Waals surface area contributed by atoms with Crippen molar-refractivity contribution < 1.29 is 5.11 Å². The van der Waals surface area contributed by atoms with Crippen LogP contribution < -0.4 is 10.2 Å². The predicted octanol–water partition coefficient (Wildman–Crippen LogP) is 0.125. The second-order valence-electron chi connectivity index (χ2n) is 4.73. The molecule has 2 aromatic heterocycles. The largest absolute Gasteiger partial charge is 0.394 e. The highest BCUT2D eigenvalue weighted by atomic mass is 16.3. The fourth-order valence-electron chi connectivity index (χ4n) is 1.74. The van der Waals surface area contributed by atoms with Gasteiger partial charge >= 0.3 is 0 Å². The van der Waals surface area contributed by atoms with E-state index >= 15 is 0 Å². The highest BCUT2D eigenvalue weighted by Gasteiger charge is 2.15. The van der Waals surface area contributed by atoms with E-state index in [1.807, 2.05) is 27.3 Å². The van der Waals surface area contributed by atoms with Crippen molar-refractivity contribution in [1.29, 1.82) is 0 Å². The van der Waals surface area contributed by atoms with Crippen molar-refractivity contribution >= 4 is 11.9 Å². The minimum Gasteiger partial charge on any atom is -0.394 e. The van der Waals surface area contributed by atoms with Gasteiger partial charge in [0, 0.05) is 32.9 Å². The average molecular weight is 277 g/mol. The van der Waals surface area contributed by atoms with Crippen molar-refractivity contribution in [1.82, 2.24) is 24.7 Å². The third-order valence-corrected chi connectivity index (χ3v) is 2.75. The van der Waals surface area contributed by atoms with Crippen LogP contribution >= 0.6 is 0 Å². The van der Waals surface area contributed by atoms with Gasteiger partial charge in [0.15, 0.2) is 0 Å². The van der Waals surface area contributed by atoms with Crippen molar-refractivity contribution in [3.05, 3.63) is 23.8 Å². The predicted molar refractivity (Wildman–Crippen MR) is 75.5 cm³/mol. The lowest BCUT2D eigenvalue weighted by Gasteiger charge is -2.17. The molecule has 8 nitrogen and oxygen atoms in total. The summed E-state index contributed by atoms with van der Waals surface area (Å²) in [5.41, 5.74) is 0.875. The van der Waals surface area contributed by atoms with E-state index in [-0.39, 0.29) is 12.6 Å². The molecule has 108 valence electrons. The van der Waals surface area contributed by atoms with E-state index in [0.29, 0.717) is 17.7 Å². The number of nitrogens with zero attached hydrogens (tertiary/aromatic N) is 6. The number of nitrogens with one attached hydrogen (secondary N) is 1. The van der Waals surface area contributed by atoms with Crippen LogP contribution in [0.5, 0.6) is 0 Å². The molecular weight excluding hydrogens is 258 g/mol. The summed E-state index contributed by atoms with van der Waals surface area (Å²) in [6.07, 6.45) is 3.55. The minimum absolute atomic E-state index is 0.0757. The summed E-state index contributed by atoms with van der Waals surface area (Å²) in [6, 6.07) is -0.305. The fraction of sp³-hybridized carbons (Fsp3) is 0.500. The fourth-order valence-corrected chi connectivity index (χ4v) is 1.74. The van der Waals surface area contributed by atoms with E-state index in [9.17, 15) is 5.11 Å². The molecule has 2 aromatic rings. The molecule has 0 amide bonds. The molecule has 0 fully saturated rings. The molecule has 0 bridgehead atoms. The number of aliphatic hydroxyl groups excluding tert-OH is 1. The first kappa shape index (κ1) is 14.2. The zero-order valence-corrected chi connectivity index (χ0v) is 12.1. The number of aryl methyl sites for hydroxylation is 2. The lowest BCUT2D eigenvalue weighted by molar-refractivity contribution is 0.276. The Bertz CT molecular complexity index is 581. The molecule has 0 radical (unpaired) electrons. The topological polar surface area (TPSA) is 92.0 Å². The van der Waals surface area contributed by atoms with Crippen LogP contribution in [-0.4, -0.2) is 50.5 Å². The Morgan fingerprint density at radius 1 is 1.35 bits per heavy atom. The SMILES string of the molecule is Cc1nc(NC(CO)c2cnn(C)c2)nc(N(C)C)n1. The van der Waals surface area contributed by atoms with Crippen LogP contribution in [0, 0.1) is 6.92 Å². The molecule has 0 saturated carbocycles. The highest BCUT2D eigenvalue weighted by Crippen LogP contribution is 2.17. The molecule has 0 saturated heterocycles. The maximum absolute atomic E-state index is 9.52. The van der Waals surface area contributed by atoms with Crippen LogP contribution in [0.1, 0.15) is 17.4 Å². The summed E-state index contributed by atoms with van der Waals surface area (Å²) in [5, 5.41) is 16.7. The first-order valence-electron chi connectivity index (χ1n) is 6.25. The van der Waals surface area contributed by atoms with Gasteiger partial charge in [0.05, 0.1) is 18.8 Å². The van der Waals surface area contributed by atoms with Gasteiger partial charge in [0.25, 0.3) is 0 Å². The first-order valence-corrected chi connectivity index (χ1v) is 6.25. The van der Waals surface area contributed by atoms with Gasteiger partial charge in [-0.15, -0.1) is 0 Å². The van der Waals surface area contributed by atoms with Gasteiger partial charge in [-0.25, -0.2) is 0 Å². The number of hydrogen-bond donors (Lipinski definition) is 2. The van der Waals surface area contributed by atoms with Gasteiger partial charge in [-0.05, 0) is 6.92 Å². The van der Waals surface area contributed by atoms with E-state index in [1.165, 1.54) is 0 Å². The Morgan fingerprint density at radius 3 is 2.65 bits per heavy atom. The standard InChI is InChI=1S/C12H19N7O/c1-8-14-11(17-12(15-8)18(2)3)16-10(7-20)9-5-13-19(4)6-9/h5-6,10,20H,7H2,1-4H3,(H,14,15,16,17). The van der Waals surface area contributed by atoms with E-state index in [4.69, 9.17) is 0 Å². The molecule has 0 aliphatic carbocycles. The second-order valence-corrected chi connectivity index (χ2v) is 4.73. The van der Waals surface area contributed by atoms with E-state index in [1.54, 1.807) is 22.7 Å². The van der Waals surface area contributed by atoms with Gasteiger partial charge in [-0.2, -0.15) is 20.1 Å². The van der Waals surface area contributed by atoms with Crippen LogP contribution in [0.4, 0.5) is 11.9 Å². The Balaban J connectivity index is 2.23. The Hall–Kier alpha value is -2.22. The summed E-state index contributed by atoms with van der Waals surface area (Å²) in [4.78, 5) is 14.6. The van der Waals surface area contributed by atoms with E-state index in [2.05, 4.69) is 25.4 Å². The molecule has 1 unspecified atom stereocenters. The van der Waals surface area contributed by atoms with Gasteiger partial charge in [-0.1, -0.05) is 0 Å². The highest BCUT2D eigenvalue weighted by molar-refractivity contribution is 5.37. The van der Waals surface area contributed by atoms with Crippen molar-refractivity contribution in [2.75, 3.05) is 30.9 Å². The number of rotatable bonds is 5. The molecule has 0 spiro atoms. The van der Waals surface area contributed by atoms with Gasteiger partial charge < -0.3 is 15.3 Å². The minimum atomic E-state index is -0.305. The number of hydrogen-bond acceptors (Lipinski definition) is 7. The quantitative estimate of drug-likeness (QED) is 0.802. The van der Waals surface area contributed by atoms with Crippen LogP contribution in [0.25, 0.3) is 0 Å². The van der Waals surface area contributed by atoms with Crippen LogP contribution in [0.3, 0.4) is 0 Å². The molecule has 0 aliphatic heterocycles. The van der Waals surface area contributed by atoms with Crippen LogP contribution in [0.2, 0.25) is 0 Å². The second kappa shape index (κ2) is 5.83. The van der Waals surface area contributed by atoms with E-state index in [0.717, 1.165) is 5.56 Å². The summed E-state index contributed by atoms with van der Waals surface area (Å²) >= 11 is 0. The Kier molecular flexibility index (Phi) is 4.14. The van der Waals surface area contributed by atoms with Crippen LogP contribution in [0.15, 0.2) is 12.4 Å². The summed E-state index contributed by atoms with van der Waals surface area (Å²) < 4.78 is 1.68. The zero-order chi connectivity index (χ0) is 14.7. The maximum atomic E-state index is 9.52. The number of aromatic nitrogens is 5. The van der Waals surface area contributed by atoms with E-state index < -0.39 is 0 Å².